The number of aryl methyl sites for hydroxylation is 2. The first-order valence-corrected chi connectivity index (χ1v) is 6.12. The summed E-state index contributed by atoms with van der Waals surface area (Å²) in [7, 11) is 1.98. The normalized spacial score (nSPS) is 12.4. The molecule has 0 bridgehead atoms. The molecular weight excluding hydrogens is 213 g/mol. The number of fused-ring (bicyclic) bond motifs is 1. The molecule has 92 valence electrons. The van der Waals surface area contributed by atoms with E-state index in [1.54, 1.807) is 6.07 Å². The Bertz CT molecular complexity index is 558. The van der Waals surface area contributed by atoms with Gasteiger partial charge in [0, 0.05) is 18.6 Å². The quantitative estimate of drug-likeness (QED) is 0.696. The predicted octanol–water partition coefficient (Wildman–Crippen LogP) is 4.18. The van der Waals surface area contributed by atoms with Crippen LogP contribution in [0.15, 0.2) is 18.3 Å². The van der Waals surface area contributed by atoms with E-state index < -0.39 is 0 Å². The molecule has 0 atom stereocenters. The summed E-state index contributed by atoms with van der Waals surface area (Å²) >= 11 is 0. The van der Waals surface area contributed by atoms with Crippen LogP contribution >= 0.6 is 0 Å². The van der Waals surface area contributed by atoms with E-state index in [0.717, 1.165) is 28.5 Å². The highest BCUT2D eigenvalue weighted by molar-refractivity contribution is 5.86. The minimum absolute atomic E-state index is 0.0336. The first kappa shape index (κ1) is 12.2. The largest absolute Gasteiger partial charge is 0.350 e. The standard InChI is InChI=1S/C15H20FN/c1-6-10-7-12(16)14-11(15(2,3)4)9-17(5)13(14)8-10/h7-9H,6H2,1-5H3. The lowest BCUT2D eigenvalue weighted by Crippen LogP contribution is -2.10. The molecule has 0 radical (unpaired) electrons. The third-order valence-electron chi connectivity index (χ3n) is 3.32. The minimum Gasteiger partial charge on any atom is -0.350 e. The Balaban J connectivity index is 2.83. The lowest BCUT2D eigenvalue weighted by atomic mass is 9.86. The molecule has 1 aromatic heterocycles. The van der Waals surface area contributed by atoms with Crippen molar-refractivity contribution >= 4 is 10.9 Å². The van der Waals surface area contributed by atoms with Gasteiger partial charge in [-0.05, 0) is 35.1 Å². The van der Waals surface area contributed by atoms with Crippen molar-refractivity contribution in [3.8, 4) is 0 Å². The van der Waals surface area contributed by atoms with Gasteiger partial charge in [0.05, 0.1) is 5.52 Å². The van der Waals surface area contributed by atoms with Gasteiger partial charge in [-0.15, -0.1) is 0 Å². The molecule has 0 aliphatic carbocycles. The number of benzene rings is 1. The second-order valence-corrected chi connectivity index (χ2v) is 5.73. The fraction of sp³-hybridized carbons (Fsp3) is 0.467. The van der Waals surface area contributed by atoms with Crippen molar-refractivity contribution in [1.29, 1.82) is 0 Å². The number of hydrogen-bond acceptors (Lipinski definition) is 0. The lowest BCUT2D eigenvalue weighted by Gasteiger charge is -2.17. The zero-order valence-corrected chi connectivity index (χ0v) is 11.3. The summed E-state index contributed by atoms with van der Waals surface area (Å²) in [5.74, 6) is -0.0927. The highest BCUT2D eigenvalue weighted by Crippen LogP contribution is 2.33. The molecule has 1 nitrogen and oxygen atoms in total. The fourth-order valence-electron chi connectivity index (χ4n) is 2.29. The Morgan fingerprint density at radius 1 is 1.24 bits per heavy atom. The number of nitrogens with zero attached hydrogens (tertiary/aromatic N) is 1. The molecule has 0 saturated heterocycles. The molecule has 2 heteroatoms. The number of rotatable bonds is 1. The molecule has 1 heterocycles. The second-order valence-electron chi connectivity index (χ2n) is 5.73. The summed E-state index contributed by atoms with van der Waals surface area (Å²) in [5.41, 5.74) is 3.09. The molecule has 0 aliphatic rings. The smallest absolute Gasteiger partial charge is 0.133 e. The minimum atomic E-state index is -0.0927. The van der Waals surface area contributed by atoms with E-state index in [4.69, 9.17) is 0 Å². The van der Waals surface area contributed by atoms with Gasteiger partial charge in [-0.3, -0.25) is 0 Å². The van der Waals surface area contributed by atoms with Gasteiger partial charge in [-0.1, -0.05) is 27.7 Å². The Morgan fingerprint density at radius 2 is 1.88 bits per heavy atom. The van der Waals surface area contributed by atoms with Gasteiger partial charge in [0.25, 0.3) is 0 Å². The van der Waals surface area contributed by atoms with Crippen LogP contribution in [0.4, 0.5) is 4.39 Å². The average molecular weight is 233 g/mol. The van der Waals surface area contributed by atoms with Gasteiger partial charge in [-0.25, -0.2) is 4.39 Å². The predicted molar refractivity (Wildman–Crippen MR) is 71.0 cm³/mol. The van der Waals surface area contributed by atoms with E-state index in [2.05, 4.69) is 26.8 Å². The fourth-order valence-corrected chi connectivity index (χ4v) is 2.29. The van der Waals surface area contributed by atoms with Crippen molar-refractivity contribution in [3.63, 3.8) is 0 Å². The van der Waals surface area contributed by atoms with Gasteiger partial charge >= 0.3 is 0 Å². The lowest BCUT2D eigenvalue weighted by molar-refractivity contribution is 0.585. The van der Waals surface area contributed by atoms with Crippen LogP contribution in [0.5, 0.6) is 0 Å². The van der Waals surface area contributed by atoms with Crippen LogP contribution in [0.1, 0.15) is 38.8 Å². The number of halogens is 1. The Morgan fingerprint density at radius 3 is 2.41 bits per heavy atom. The van der Waals surface area contributed by atoms with Crippen molar-refractivity contribution in [2.24, 2.45) is 7.05 Å². The summed E-state index contributed by atoms with van der Waals surface area (Å²) in [6.07, 6.45) is 2.91. The molecule has 0 amide bonds. The van der Waals surface area contributed by atoms with Crippen molar-refractivity contribution < 1.29 is 4.39 Å². The van der Waals surface area contributed by atoms with E-state index >= 15 is 0 Å². The molecule has 17 heavy (non-hydrogen) atoms. The number of hydrogen-bond donors (Lipinski definition) is 0. The van der Waals surface area contributed by atoms with Crippen LogP contribution in [0.2, 0.25) is 0 Å². The highest BCUT2D eigenvalue weighted by Gasteiger charge is 2.22. The van der Waals surface area contributed by atoms with Crippen LogP contribution in [-0.2, 0) is 18.9 Å². The molecule has 2 rings (SSSR count). The van der Waals surface area contributed by atoms with Gasteiger partial charge in [-0.2, -0.15) is 0 Å². The average Bonchev–Trinajstić information content (AvgIpc) is 2.56. The highest BCUT2D eigenvalue weighted by atomic mass is 19.1. The van der Waals surface area contributed by atoms with Crippen molar-refractivity contribution in [1.82, 2.24) is 4.57 Å². The summed E-state index contributed by atoms with van der Waals surface area (Å²) in [5, 5.41) is 0.775. The van der Waals surface area contributed by atoms with Crippen LogP contribution in [-0.4, -0.2) is 4.57 Å². The third-order valence-corrected chi connectivity index (χ3v) is 3.32. The molecule has 0 N–H and O–H groups in total. The summed E-state index contributed by atoms with van der Waals surface area (Å²) < 4.78 is 16.3. The van der Waals surface area contributed by atoms with Crippen molar-refractivity contribution in [2.75, 3.05) is 0 Å². The zero-order chi connectivity index (χ0) is 12.8. The Kier molecular flexibility index (Phi) is 2.76. The molecule has 0 fully saturated rings. The second kappa shape index (κ2) is 3.86. The van der Waals surface area contributed by atoms with E-state index in [-0.39, 0.29) is 11.2 Å². The van der Waals surface area contributed by atoms with Crippen LogP contribution in [0.25, 0.3) is 10.9 Å². The van der Waals surface area contributed by atoms with E-state index in [1.807, 2.05) is 24.7 Å². The maximum Gasteiger partial charge on any atom is 0.133 e. The van der Waals surface area contributed by atoms with Crippen molar-refractivity contribution in [2.45, 2.75) is 39.5 Å². The molecule has 0 saturated carbocycles. The molecule has 1 aromatic carbocycles. The molecule has 0 spiro atoms. The van der Waals surface area contributed by atoms with Crippen LogP contribution < -0.4 is 0 Å². The van der Waals surface area contributed by atoms with E-state index in [0.29, 0.717) is 0 Å². The van der Waals surface area contributed by atoms with Gasteiger partial charge in [0.2, 0.25) is 0 Å². The molecule has 0 unspecified atom stereocenters. The Hall–Kier alpha value is -1.31. The topological polar surface area (TPSA) is 4.93 Å². The van der Waals surface area contributed by atoms with Gasteiger partial charge in [0.15, 0.2) is 0 Å². The SMILES string of the molecule is CCc1cc(F)c2c(C(C)(C)C)cn(C)c2c1. The molecule has 2 aromatic rings. The maximum absolute atomic E-state index is 14.2. The molecular formula is C15H20FN. The summed E-state index contributed by atoms with van der Waals surface area (Å²) in [6.45, 7) is 8.41. The first-order chi connectivity index (χ1) is 7.84. The van der Waals surface area contributed by atoms with Gasteiger partial charge < -0.3 is 4.57 Å². The van der Waals surface area contributed by atoms with E-state index in [1.165, 1.54) is 0 Å². The van der Waals surface area contributed by atoms with Gasteiger partial charge in [0.1, 0.15) is 5.82 Å². The monoisotopic (exact) mass is 233 g/mol. The Labute approximate surface area is 102 Å². The summed E-state index contributed by atoms with van der Waals surface area (Å²) in [6, 6.07) is 3.76. The third kappa shape index (κ3) is 1.97. The first-order valence-electron chi connectivity index (χ1n) is 6.12. The zero-order valence-electron chi connectivity index (χ0n) is 11.3. The van der Waals surface area contributed by atoms with Crippen molar-refractivity contribution in [3.05, 3.63) is 35.3 Å². The van der Waals surface area contributed by atoms with Crippen LogP contribution in [0.3, 0.4) is 0 Å². The number of aromatic nitrogens is 1. The molecule has 0 aliphatic heterocycles. The van der Waals surface area contributed by atoms with E-state index in [9.17, 15) is 4.39 Å². The van der Waals surface area contributed by atoms with Crippen LogP contribution in [0, 0.1) is 5.82 Å². The summed E-state index contributed by atoms with van der Waals surface area (Å²) in [4.78, 5) is 0. The maximum atomic E-state index is 14.2.